The van der Waals surface area contributed by atoms with E-state index in [2.05, 4.69) is 6.92 Å². The summed E-state index contributed by atoms with van der Waals surface area (Å²) in [7, 11) is 0. The van der Waals surface area contributed by atoms with Crippen molar-refractivity contribution < 1.29 is 9.21 Å². The number of rotatable bonds is 2. The smallest absolute Gasteiger partial charge is 0.257 e. The number of nitrogens with zero attached hydrogens (tertiary/aromatic N) is 1. The van der Waals surface area contributed by atoms with E-state index in [1.54, 1.807) is 6.07 Å². The molecule has 2 unspecified atom stereocenters. The van der Waals surface area contributed by atoms with Gasteiger partial charge in [0, 0.05) is 12.6 Å². The summed E-state index contributed by atoms with van der Waals surface area (Å²) < 4.78 is 4.94. The Morgan fingerprint density at radius 3 is 3.06 bits per heavy atom. The van der Waals surface area contributed by atoms with Gasteiger partial charge in [0.15, 0.2) is 0 Å². The second-order valence-electron chi connectivity index (χ2n) is 4.50. The lowest BCUT2D eigenvalue weighted by Gasteiger charge is -2.37. The first-order chi connectivity index (χ1) is 7.72. The molecule has 1 aromatic rings. The van der Waals surface area contributed by atoms with Gasteiger partial charge in [-0.25, -0.2) is 0 Å². The molecule has 2 heterocycles. The van der Waals surface area contributed by atoms with Gasteiger partial charge in [0.2, 0.25) is 0 Å². The quantitative estimate of drug-likeness (QED) is 0.824. The Bertz CT molecular complexity index is 348. The van der Waals surface area contributed by atoms with Crippen molar-refractivity contribution in [3.8, 4) is 0 Å². The number of hydrogen-bond acceptors (Lipinski definition) is 3. The molecular formula is C12H18N2O2. The van der Waals surface area contributed by atoms with E-state index in [0.29, 0.717) is 24.1 Å². The van der Waals surface area contributed by atoms with E-state index in [1.807, 2.05) is 4.90 Å². The molecule has 2 N–H and O–H groups in total. The van der Waals surface area contributed by atoms with E-state index >= 15 is 0 Å². The Morgan fingerprint density at radius 2 is 2.44 bits per heavy atom. The molecule has 0 aromatic carbocycles. The molecule has 1 aliphatic rings. The molecule has 1 saturated heterocycles. The Labute approximate surface area is 95.4 Å². The van der Waals surface area contributed by atoms with E-state index in [-0.39, 0.29) is 5.91 Å². The van der Waals surface area contributed by atoms with Crippen molar-refractivity contribution in [2.45, 2.75) is 25.8 Å². The van der Waals surface area contributed by atoms with Crippen LogP contribution in [0.15, 0.2) is 23.0 Å². The monoisotopic (exact) mass is 222 g/mol. The van der Waals surface area contributed by atoms with Crippen LogP contribution in [0.5, 0.6) is 0 Å². The summed E-state index contributed by atoms with van der Waals surface area (Å²) in [6, 6.07) is 2.01. The van der Waals surface area contributed by atoms with Gasteiger partial charge in [0.25, 0.3) is 5.91 Å². The minimum Gasteiger partial charge on any atom is -0.472 e. The van der Waals surface area contributed by atoms with Crippen LogP contribution in [-0.2, 0) is 0 Å². The Kier molecular flexibility index (Phi) is 3.29. The summed E-state index contributed by atoms with van der Waals surface area (Å²) in [5.41, 5.74) is 6.30. The number of piperidine rings is 1. The summed E-state index contributed by atoms with van der Waals surface area (Å²) in [5.74, 6) is 0.492. The molecule has 0 bridgehead atoms. The van der Waals surface area contributed by atoms with Gasteiger partial charge in [0.05, 0.1) is 11.8 Å². The predicted molar refractivity (Wildman–Crippen MR) is 61.0 cm³/mol. The van der Waals surface area contributed by atoms with E-state index in [9.17, 15) is 4.79 Å². The molecule has 0 radical (unpaired) electrons. The highest BCUT2D eigenvalue weighted by Gasteiger charge is 2.29. The SMILES string of the molecule is CC1CCC(CN)CN1C(=O)c1ccoc1. The van der Waals surface area contributed by atoms with Crippen LogP contribution in [0.25, 0.3) is 0 Å². The lowest BCUT2D eigenvalue weighted by atomic mass is 9.93. The molecule has 1 amide bonds. The lowest BCUT2D eigenvalue weighted by molar-refractivity contribution is 0.0566. The van der Waals surface area contributed by atoms with Gasteiger partial charge in [-0.2, -0.15) is 0 Å². The van der Waals surface area contributed by atoms with E-state index < -0.39 is 0 Å². The minimum atomic E-state index is 0.0550. The van der Waals surface area contributed by atoms with Crippen molar-refractivity contribution in [3.63, 3.8) is 0 Å². The average Bonchev–Trinajstić information content (AvgIpc) is 2.82. The Balaban J connectivity index is 2.09. The van der Waals surface area contributed by atoms with E-state index in [4.69, 9.17) is 10.2 Å². The second kappa shape index (κ2) is 4.70. The maximum absolute atomic E-state index is 12.2. The third-order valence-electron chi connectivity index (χ3n) is 3.34. The molecule has 0 spiro atoms. The number of carbonyl (C=O) groups is 1. The fourth-order valence-corrected chi connectivity index (χ4v) is 2.21. The van der Waals surface area contributed by atoms with Gasteiger partial charge in [0.1, 0.15) is 6.26 Å². The topological polar surface area (TPSA) is 59.5 Å². The first-order valence-corrected chi connectivity index (χ1v) is 5.75. The van der Waals surface area contributed by atoms with Crippen LogP contribution in [-0.4, -0.2) is 29.9 Å². The van der Waals surface area contributed by atoms with Gasteiger partial charge in [-0.05, 0) is 38.3 Å². The molecule has 4 nitrogen and oxygen atoms in total. The summed E-state index contributed by atoms with van der Waals surface area (Å²) >= 11 is 0. The lowest BCUT2D eigenvalue weighted by Crippen LogP contribution is -2.47. The maximum atomic E-state index is 12.2. The summed E-state index contributed by atoms with van der Waals surface area (Å²) in [6.45, 7) is 3.51. The van der Waals surface area contributed by atoms with Crippen LogP contribution < -0.4 is 5.73 Å². The molecular weight excluding hydrogens is 204 g/mol. The number of nitrogens with two attached hydrogens (primary N) is 1. The number of amides is 1. The summed E-state index contributed by atoms with van der Waals surface area (Å²) in [6.07, 6.45) is 5.18. The van der Waals surface area contributed by atoms with Gasteiger partial charge in [-0.15, -0.1) is 0 Å². The molecule has 1 aliphatic heterocycles. The maximum Gasteiger partial charge on any atom is 0.257 e. The van der Waals surface area contributed by atoms with Crippen LogP contribution in [0.3, 0.4) is 0 Å². The van der Waals surface area contributed by atoms with Crippen LogP contribution in [0.4, 0.5) is 0 Å². The van der Waals surface area contributed by atoms with Gasteiger partial charge in [-0.3, -0.25) is 4.79 Å². The standard InChI is InChI=1S/C12H18N2O2/c1-9-2-3-10(6-13)7-14(9)12(15)11-4-5-16-8-11/h4-5,8-10H,2-3,6-7,13H2,1H3. The fraction of sp³-hybridized carbons (Fsp3) is 0.583. The molecule has 0 aliphatic carbocycles. The van der Waals surface area contributed by atoms with Crippen LogP contribution in [0.2, 0.25) is 0 Å². The third-order valence-corrected chi connectivity index (χ3v) is 3.34. The second-order valence-corrected chi connectivity index (χ2v) is 4.50. The normalized spacial score (nSPS) is 25.8. The van der Waals surface area contributed by atoms with E-state index in [0.717, 1.165) is 19.4 Å². The van der Waals surface area contributed by atoms with Crippen molar-refractivity contribution >= 4 is 5.91 Å². The molecule has 88 valence electrons. The van der Waals surface area contributed by atoms with Crippen LogP contribution >= 0.6 is 0 Å². The zero-order valence-corrected chi connectivity index (χ0v) is 9.56. The Morgan fingerprint density at radius 1 is 1.62 bits per heavy atom. The highest BCUT2D eigenvalue weighted by Crippen LogP contribution is 2.23. The number of furan rings is 1. The first kappa shape index (κ1) is 11.2. The molecule has 2 atom stereocenters. The van der Waals surface area contributed by atoms with Crippen molar-refractivity contribution in [3.05, 3.63) is 24.2 Å². The Hall–Kier alpha value is -1.29. The first-order valence-electron chi connectivity index (χ1n) is 5.75. The third kappa shape index (κ3) is 2.11. The number of carbonyl (C=O) groups excluding carboxylic acids is 1. The largest absolute Gasteiger partial charge is 0.472 e. The van der Waals surface area contributed by atoms with Crippen LogP contribution in [0.1, 0.15) is 30.1 Å². The van der Waals surface area contributed by atoms with Gasteiger partial charge in [-0.1, -0.05) is 0 Å². The van der Waals surface area contributed by atoms with Crippen molar-refractivity contribution in [1.82, 2.24) is 4.90 Å². The van der Waals surface area contributed by atoms with Gasteiger partial charge >= 0.3 is 0 Å². The van der Waals surface area contributed by atoms with Gasteiger partial charge < -0.3 is 15.1 Å². The minimum absolute atomic E-state index is 0.0550. The molecule has 16 heavy (non-hydrogen) atoms. The molecule has 0 saturated carbocycles. The number of likely N-dealkylation sites (tertiary alicyclic amines) is 1. The van der Waals surface area contributed by atoms with Crippen molar-refractivity contribution in [1.29, 1.82) is 0 Å². The average molecular weight is 222 g/mol. The highest BCUT2D eigenvalue weighted by atomic mass is 16.3. The number of hydrogen-bond donors (Lipinski definition) is 1. The van der Waals surface area contributed by atoms with Crippen molar-refractivity contribution in [2.75, 3.05) is 13.1 Å². The van der Waals surface area contributed by atoms with E-state index in [1.165, 1.54) is 12.5 Å². The zero-order chi connectivity index (χ0) is 11.5. The van der Waals surface area contributed by atoms with Crippen LogP contribution in [0, 0.1) is 5.92 Å². The molecule has 2 rings (SSSR count). The fourth-order valence-electron chi connectivity index (χ4n) is 2.21. The van der Waals surface area contributed by atoms with Crippen molar-refractivity contribution in [2.24, 2.45) is 11.7 Å². The zero-order valence-electron chi connectivity index (χ0n) is 9.56. The molecule has 1 fully saturated rings. The summed E-state index contributed by atoms with van der Waals surface area (Å²) in [4.78, 5) is 14.1. The molecule has 4 heteroatoms. The molecule has 1 aromatic heterocycles. The predicted octanol–water partition coefficient (Wildman–Crippen LogP) is 1.48. The highest BCUT2D eigenvalue weighted by molar-refractivity contribution is 5.94. The summed E-state index contributed by atoms with van der Waals surface area (Å²) in [5, 5.41) is 0.